The Morgan fingerprint density at radius 3 is 0.500 bits per heavy atom. The summed E-state index contributed by atoms with van der Waals surface area (Å²) < 4.78 is 0. The molecule has 40 valence electrons. The maximum Gasteiger partial charge on any atom is 3.00 e. The molecule has 0 nitrogen and oxygen atoms in total. The summed E-state index contributed by atoms with van der Waals surface area (Å²) in [5, 5.41) is 0. The van der Waals surface area contributed by atoms with E-state index in [-0.39, 0.29) is 146 Å². The average Bonchev–Trinajstić information content (AvgIpc) is 0. The van der Waals surface area contributed by atoms with Crippen molar-refractivity contribution < 1.29 is 146 Å². The zero-order valence-electron chi connectivity index (χ0n) is 2.54. The molecule has 0 aromatic heterocycles. The molecular formula is H2I5Sc. The summed E-state index contributed by atoms with van der Waals surface area (Å²) in [5.41, 5.74) is 0. The van der Waals surface area contributed by atoms with Gasteiger partial charge in [-0.2, -0.15) is 0 Å². The molecule has 0 saturated heterocycles. The molecule has 0 aliphatic carbocycles. The molecule has 0 heterocycles. The van der Waals surface area contributed by atoms with Gasteiger partial charge in [-0.3, -0.25) is 0 Å². The second-order valence-corrected chi connectivity index (χ2v) is 0. The minimum absolute atomic E-state index is 0. The molecule has 0 unspecified atom stereocenters. The third kappa shape index (κ3) is 23.6. The molecule has 0 rings (SSSR count). The molecule has 0 N–H and O–H groups in total. The number of hydrogen-bond acceptors (Lipinski definition) is 0. The minimum Gasteiger partial charge on any atom is -1.00 e. The van der Waals surface area contributed by atoms with E-state index in [2.05, 4.69) is 0 Å². The van der Waals surface area contributed by atoms with Gasteiger partial charge < -0.3 is 95.9 Å². The van der Waals surface area contributed by atoms with Crippen molar-refractivity contribution in [3.05, 3.63) is 0 Å². The summed E-state index contributed by atoms with van der Waals surface area (Å²) >= 11 is 0. The van der Waals surface area contributed by atoms with Crippen molar-refractivity contribution in [3.8, 4) is 0 Å². The zero-order valence-corrected chi connectivity index (χ0v) is 15.5. The maximum absolute atomic E-state index is 0. The molecule has 0 aliphatic heterocycles. The van der Waals surface area contributed by atoms with Crippen LogP contribution in [0.4, 0.5) is 0 Å². The smallest absolute Gasteiger partial charge is 1.00 e. The van der Waals surface area contributed by atoms with E-state index < -0.39 is 0 Å². The third-order valence-electron chi connectivity index (χ3n) is 0. The van der Waals surface area contributed by atoms with Crippen LogP contribution in [0.2, 0.25) is 0 Å². The first kappa shape index (κ1) is 46.7. The van der Waals surface area contributed by atoms with Gasteiger partial charge in [-0.25, -0.2) is 0 Å². The topological polar surface area (TPSA) is 0 Å². The molecule has 0 radical (unpaired) electrons. The Morgan fingerprint density at radius 1 is 0.500 bits per heavy atom. The summed E-state index contributed by atoms with van der Waals surface area (Å²) in [6.45, 7) is 0. The molecular weight excluding hydrogens is 679 g/mol. The molecule has 0 aromatic carbocycles. The van der Waals surface area contributed by atoms with E-state index in [1.165, 1.54) is 0 Å². The Bertz CT molecular complexity index is 3.90. The van der Waals surface area contributed by atoms with Crippen molar-refractivity contribution in [2.75, 3.05) is 0 Å². The Labute approximate surface area is 142 Å². The van der Waals surface area contributed by atoms with Crippen molar-refractivity contribution in [2.45, 2.75) is 0 Å². The number of rotatable bonds is 0. The van der Waals surface area contributed by atoms with Gasteiger partial charge in [0.25, 0.3) is 0 Å². The maximum atomic E-state index is 0. The first-order chi connectivity index (χ1) is 0. The molecule has 0 saturated carbocycles. The Hall–Kier alpha value is 4.52. The zero-order chi connectivity index (χ0) is 0. The van der Waals surface area contributed by atoms with Crippen LogP contribution in [0.5, 0.6) is 0 Å². The number of halogens is 5. The summed E-state index contributed by atoms with van der Waals surface area (Å²) in [6, 6.07) is 0. The summed E-state index contributed by atoms with van der Waals surface area (Å²) in [7, 11) is 0. The minimum atomic E-state index is 0. The second-order valence-electron chi connectivity index (χ2n) is 0. The van der Waals surface area contributed by atoms with Crippen LogP contribution in [-0.2, 0) is 25.8 Å². The summed E-state index contributed by atoms with van der Waals surface area (Å²) in [6.07, 6.45) is 0. The average molecular weight is 681 g/mol. The number of hydrogen-bond donors (Lipinski definition) is 0. The van der Waals surface area contributed by atoms with Crippen LogP contribution in [0.15, 0.2) is 0 Å². The molecule has 0 atom stereocenters. The molecule has 0 fully saturated rings. The quantitative estimate of drug-likeness (QED) is 0.223. The SMILES string of the molecule is [I-].[I-].[I-].[I-].[IH2+].[Sc+3]. The Morgan fingerprint density at radius 2 is 0.500 bits per heavy atom. The largest absolute Gasteiger partial charge is 3.00 e. The van der Waals surface area contributed by atoms with Gasteiger partial charge in [-0.1, -0.05) is 0 Å². The van der Waals surface area contributed by atoms with E-state index in [4.69, 9.17) is 0 Å². The Balaban J connectivity index is 0. The predicted octanol–water partition coefficient (Wildman–Crippen LogP) is -15.5. The first-order valence-electron chi connectivity index (χ1n) is 0. The van der Waals surface area contributed by atoms with E-state index in [0.29, 0.717) is 0 Å². The van der Waals surface area contributed by atoms with Gasteiger partial charge in [0, 0.05) is 0 Å². The van der Waals surface area contributed by atoms with Crippen LogP contribution in [0, 0.1) is 0 Å². The van der Waals surface area contributed by atoms with E-state index in [9.17, 15) is 0 Å². The monoisotopic (exact) mass is 681 g/mol. The fourth-order valence-corrected chi connectivity index (χ4v) is 0. The van der Waals surface area contributed by atoms with Crippen molar-refractivity contribution in [1.82, 2.24) is 0 Å². The standard InChI is InChI=1S/H2I.4HI.Sc/h1H2;4*1H;/q+1;;;;;+3/p-4. The van der Waals surface area contributed by atoms with Crippen molar-refractivity contribution >= 4 is 0 Å². The molecule has 6 heteroatoms. The summed E-state index contributed by atoms with van der Waals surface area (Å²) in [4.78, 5) is 0. The van der Waals surface area contributed by atoms with Crippen LogP contribution in [0.1, 0.15) is 0 Å². The second kappa shape index (κ2) is 33.8. The summed E-state index contributed by atoms with van der Waals surface area (Å²) in [5.74, 6) is 0. The predicted molar refractivity (Wildman–Crippen MR) is 2.79 cm³/mol. The van der Waals surface area contributed by atoms with E-state index in [0.717, 1.165) is 0 Å². The van der Waals surface area contributed by atoms with Crippen LogP contribution in [-0.4, -0.2) is 0 Å². The van der Waals surface area contributed by atoms with Crippen molar-refractivity contribution in [1.29, 1.82) is 0 Å². The normalized spacial score (nSPS) is 0. The first-order valence-corrected chi connectivity index (χ1v) is 0. The van der Waals surface area contributed by atoms with Crippen molar-refractivity contribution in [2.24, 2.45) is 0 Å². The fourth-order valence-electron chi connectivity index (χ4n) is 0. The fraction of sp³-hybridized carbons (Fsp3) is 0. The molecule has 0 aromatic rings. The van der Waals surface area contributed by atoms with Gasteiger partial charge in [0.1, 0.15) is 0 Å². The molecule has 0 amide bonds. The third-order valence-corrected chi connectivity index (χ3v) is 0. The molecule has 0 aliphatic rings. The van der Waals surface area contributed by atoms with Crippen LogP contribution < -0.4 is 120 Å². The molecule has 0 spiro atoms. The van der Waals surface area contributed by atoms with Crippen LogP contribution >= 0.6 is 0 Å². The van der Waals surface area contributed by atoms with Gasteiger partial charge in [0.2, 0.25) is 24.0 Å². The van der Waals surface area contributed by atoms with Crippen LogP contribution in [0.3, 0.4) is 0 Å². The van der Waals surface area contributed by atoms with E-state index in [1.807, 2.05) is 0 Å². The van der Waals surface area contributed by atoms with Gasteiger partial charge in [-0.05, 0) is 0 Å². The van der Waals surface area contributed by atoms with E-state index >= 15 is 0 Å². The molecule has 0 bridgehead atoms. The molecule has 6 heavy (non-hydrogen) atoms. The van der Waals surface area contributed by atoms with Gasteiger partial charge in [-0.15, -0.1) is 0 Å². The van der Waals surface area contributed by atoms with Gasteiger partial charge in [0.15, 0.2) is 0 Å². The van der Waals surface area contributed by atoms with Gasteiger partial charge in [0.05, 0.1) is 0 Å². The van der Waals surface area contributed by atoms with Crippen LogP contribution in [0.25, 0.3) is 0 Å². The van der Waals surface area contributed by atoms with Gasteiger partial charge >= 0.3 is 25.8 Å². The Kier molecular flexibility index (Phi) is 263. The van der Waals surface area contributed by atoms with E-state index in [1.54, 1.807) is 0 Å². The van der Waals surface area contributed by atoms with Crippen molar-refractivity contribution in [3.63, 3.8) is 0 Å².